The summed E-state index contributed by atoms with van der Waals surface area (Å²) < 4.78 is 11.1. The van der Waals surface area contributed by atoms with Crippen LogP contribution in [-0.4, -0.2) is 89.2 Å². The van der Waals surface area contributed by atoms with Crippen molar-refractivity contribution < 1.29 is 75.2 Å². The highest BCUT2D eigenvalue weighted by molar-refractivity contribution is 6.42. The van der Waals surface area contributed by atoms with Crippen molar-refractivity contribution in [3.05, 3.63) is 78.9 Å². The second-order valence-electron chi connectivity index (χ2n) is 14.6. The van der Waals surface area contributed by atoms with E-state index in [1.165, 1.54) is 0 Å². The van der Waals surface area contributed by atoms with Gasteiger partial charge in [0.2, 0.25) is 46.0 Å². The molecule has 10 aromatic rings. The lowest BCUT2D eigenvalue weighted by Gasteiger charge is -2.15. The summed E-state index contributed by atoms with van der Waals surface area (Å²) in [5.74, 6) is -16.0. The minimum absolute atomic E-state index is 0.242. The molecule has 314 valence electrons. The third-order valence-electron chi connectivity index (χ3n) is 10.9. The summed E-state index contributed by atoms with van der Waals surface area (Å²) in [4.78, 5) is 13.6. The summed E-state index contributed by atoms with van der Waals surface area (Å²) in [6.07, 6.45) is 0. The van der Waals surface area contributed by atoms with Gasteiger partial charge in [0.15, 0.2) is 62.8 Å². The Bertz CT molecular complexity index is 3680. The fraction of sp³-hybridized carbons (Fsp3) is 0. The lowest BCUT2D eigenvalue weighted by Crippen LogP contribution is -2.12. The van der Waals surface area contributed by atoms with Crippen molar-refractivity contribution in [2.45, 2.75) is 0 Å². The standard InChI is InChI=1S/C45H26BN3O15/c46-25-20(19-21-27(51)31(55)33(57)37(61)40(21)63-39(19)36(60)30(25)54)44-47-43(18-11-5-10-17(13-18)16-9-4-8-15(12-16)14-6-2-1-3-7-14)48-45(49-44)24-26(50)22-23-28(52)32(56)34(58)38(62)42(23)64-41(22)35(59)29(24)53/h1-13,50-62H. The molecule has 0 aliphatic heterocycles. The zero-order valence-electron chi connectivity index (χ0n) is 32.1. The van der Waals surface area contributed by atoms with E-state index in [-0.39, 0.29) is 11.4 Å². The van der Waals surface area contributed by atoms with E-state index in [2.05, 4.69) is 15.0 Å². The van der Waals surface area contributed by atoms with Gasteiger partial charge in [0.05, 0.1) is 16.2 Å². The van der Waals surface area contributed by atoms with Gasteiger partial charge >= 0.3 is 0 Å². The number of aromatic hydroxyl groups is 13. The molecule has 0 aliphatic carbocycles. The van der Waals surface area contributed by atoms with Gasteiger partial charge in [-0.2, -0.15) is 0 Å². The average molecular weight is 860 g/mol. The van der Waals surface area contributed by atoms with Crippen LogP contribution < -0.4 is 5.46 Å². The fourth-order valence-electron chi connectivity index (χ4n) is 7.82. The summed E-state index contributed by atoms with van der Waals surface area (Å²) in [5.41, 5.74) is -1.27. The van der Waals surface area contributed by atoms with Crippen molar-refractivity contribution in [3.63, 3.8) is 0 Å². The molecular formula is C45H26BN3O15. The number of hydrogen-bond acceptors (Lipinski definition) is 18. The first-order valence-electron chi connectivity index (χ1n) is 18.7. The smallest absolute Gasteiger partial charge is 0.208 e. The molecule has 18 nitrogen and oxygen atoms in total. The second kappa shape index (κ2) is 13.6. The van der Waals surface area contributed by atoms with Crippen molar-refractivity contribution in [3.8, 4) is 131 Å². The SMILES string of the molecule is [B]c1c(O)c(O)c2oc3c(O)c(O)c(O)c(O)c3c2c1-c1nc(-c2cccc(-c3cccc(-c4ccccc4)c3)c2)nc(-c2c(O)c(O)c3oc4c(O)c(O)c(O)c(O)c4c3c2O)n1. The summed E-state index contributed by atoms with van der Waals surface area (Å²) in [6, 6.07) is 23.9. The van der Waals surface area contributed by atoms with Crippen LogP contribution in [0.2, 0.25) is 0 Å². The molecule has 13 N–H and O–H groups in total. The lowest BCUT2D eigenvalue weighted by atomic mass is 9.85. The summed E-state index contributed by atoms with van der Waals surface area (Å²) in [7, 11) is 6.44. The zero-order valence-corrected chi connectivity index (χ0v) is 32.1. The first kappa shape index (κ1) is 38.8. The molecule has 0 fully saturated rings. The number of furan rings is 2. The number of benzene rings is 7. The Hall–Kier alpha value is -9.39. The maximum atomic E-state index is 12.0. The third kappa shape index (κ3) is 5.30. The van der Waals surface area contributed by atoms with Gasteiger partial charge in [-0.1, -0.05) is 66.7 Å². The van der Waals surface area contributed by atoms with Crippen LogP contribution in [0.1, 0.15) is 0 Å². The first-order valence-corrected chi connectivity index (χ1v) is 18.7. The summed E-state index contributed by atoms with van der Waals surface area (Å²) >= 11 is 0. The van der Waals surface area contributed by atoms with Gasteiger partial charge in [0.25, 0.3) is 0 Å². The van der Waals surface area contributed by atoms with Crippen molar-refractivity contribution in [1.29, 1.82) is 0 Å². The minimum Gasteiger partial charge on any atom is -0.506 e. The van der Waals surface area contributed by atoms with Gasteiger partial charge in [-0.05, 0) is 39.8 Å². The molecule has 3 heterocycles. The molecule has 10 rings (SSSR count). The molecule has 7 aromatic carbocycles. The van der Waals surface area contributed by atoms with E-state index in [1.54, 1.807) is 24.3 Å². The van der Waals surface area contributed by atoms with E-state index >= 15 is 0 Å². The van der Waals surface area contributed by atoms with E-state index in [0.717, 1.165) is 16.7 Å². The van der Waals surface area contributed by atoms with E-state index < -0.39 is 147 Å². The van der Waals surface area contributed by atoms with Gasteiger partial charge < -0.3 is 75.2 Å². The van der Waals surface area contributed by atoms with Crippen LogP contribution in [0.25, 0.3) is 100 Å². The van der Waals surface area contributed by atoms with Crippen LogP contribution >= 0.6 is 0 Å². The highest BCUT2D eigenvalue weighted by atomic mass is 16.4. The highest BCUT2D eigenvalue weighted by Crippen LogP contribution is 2.59. The lowest BCUT2D eigenvalue weighted by molar-refractivity contribution is 0.348. The average Bonchev–Trinajstić information content (AvgIpc) is 3.92. The normalized spacial score (nSPS) is 11.7. The predicted molar refractivity (Wildman–Crippen MR) is 229 cm³/mol. The van der Waals surface area contributed by atoms with Gasteiger partial charge in [0, 0.05) is 16.5 Å². The molecule has 3 aromatic heterocycles. The summed E-state index contributed by atoms with van der Waals surface area (Å²) in [5, 5.41) is 140. The Labute approximate surface area is 356 Å². The van der Waals surface area contributed by atoms with Crippen molar-refractivity contribution in [2.24, 2.45) is 0 Å². The van der Waals surface area contributed by atoms with Crippen LogP contribution in [0.15, 0.2) is 87.7 Å². The van der Waals surface area contributed by atoms with Crippen LogP contribution in [0, 0.1) is 0 Å². The minimum atomic E-state index is -1.23. The van der Waals surface area contributed by atoms with Crippen LogP contribution in [-0.2, 0) is 0 Å². The molecule has 0 amide bonds. The Morgan fingerprint density at radius 3 is 1.25 bits per heavy atom. The topological polar surface area (TPSA) is 328 Å². The molecule has 0 aliphatic rings. The molecule has 19 heteroatoms. The van der Waals surface area contributed by atoms with Crippen LogP contribution in [0.3, 0.4) is 0 Å². The summed E-state index contributed by atoms with van der Waals surface area (Å²) in [6.45, 7) is 0. The molecule has 0 unspecified atom stereocenters. The second-order valence-corrected chi connectivity index (χ2v) is 14.6. The van der Waals surface area contributed by atoms with E-state index in [0.29, 0.717) is 5.56 Å². The number of aromatic nitrogens is 3. The van der Waals surface area contributed by atoms with E-state index in [4.69, 9.17) is 16.7 Å². The molecule has 0 bridgehead atoms. The van der Waals surface area contributed by atoms with Crippen molar-refractivity contribution in [1.82, 2.24) is 15.0 Å². The Balaban J connectivity index is 1.30. The largest absolute Gasteiger partial charge is 0.506 e. The van der Waals surface area contributed by atoms with Crippen LogP contribution in [0.4, 0.5) is 0 Å². The van der Waals surface area contributed by atoms with E-state index in [9.17, 15) is 66.4 Å². The van der Waals surface area contributed by atoms with Crippen LogP contribution in [0.5, 0.6) is 74.7 Å². The zero-order chi connectivity index (χ0) is 45.2. The van der Waals surface area contributed by atoms with Gasteiger partial charge in [0.1, 0.15) is 19.2 Å². The van der Waals surface area contributed by atoms with Crippen molar-refractivity contribution in [2.75, 3.05) is 0 Å². The monoisotopic (exact) mass is 859 g/mol. The quantitative estimate of drug-likeness (QED) is 0.0472. The van der Waals surface area contributed by atoms with Gasteiger partial charge in [-0.15, -0.1) is 0 Å². The number of hydrogen-bond donors (Lipinski definition) is 13. The number of phenolic OH excluding ortho intramolecular Hbond substituents is 13. The maximum Gasteiger partial charge on any atom is 0.208 e. The Morgan fingerprint density at radius 2 is 0.688 bits per heavy atom. The van der Waals surface area contributed by atoms with Gasteiger partial charge in [-0.3, -0.25) is 0 Å². The Morgan fingerprint density at radius 1 is 0.312 bits per heavy atom. The molecule has 0 spiro atoms. The highest BCUT2D eigenvalue weighted by Gasteiger charge is 2.34. The first-order chi connectivity index (χ1) is 30.6. The van der Waals surface area contributed by atoms with Crippen molar-refractivity contribution >= 4 is 57.2 Å². The number of phenols is 13. The molecule has 0 saturated heterocycles. The predicted octanol–water partition coefficient (Wildman–Crippen LogP) is 6.97. The number of fused-ring (bicyclic) bond motifs is 6. The third-order valence-corrected chi connectivity index (χ3v) is 10.9. The van der Waals surface area contributed by atoms with E-state index in [1.807, 2.05) is 54.6 Å². The van der Waals surface area contributed by atoms with Gasteiger partial charge in [-0.25, -0.2) is 15.0 Å². The molecule has 64 heavy (non-hydrogen) atoms. The number of nitrogens with zero attached hydrogens (tertiary/aromatic N) is 3. The molecular weight excluding hydrogens is 833 g/mol. The molecule has 0 atom stereocenters. The Kier molecular flexibility index (Phi) is 8.22. The molecule has 0 saturated carbocycles. The fourth-order valence-corrected chi connectivity index (χ4v) is 7.82. The maximum absolute atomic E-state index is 12.0. The number of rotatable bonds is 5. The molecule has 2 radical (unpaired) electrons.